The Hall–Kier alpha value is -6.85. The van der Waals surface area contributed by atoms with Crippen molar-refractivity contribution in [3.8, 4) is 22.6 Å². The van der Waals surface area contributed by atoms with Gasteiger partial charge in [-0.1, -0.05) is 84.9 Å². The Labute approximate surface area is 302 Å². The third-order valence-corrected chi connectivity index (χ3v) is 9.98. The normalized spacial score (nSPS) is 11.7. The van der Waals surface area contributed by atoms with Crippen LogP contribution in [0.25, 0.3) is 32.7 Å². The number of ketones is 1. The minimum Gasteiger partial charge on any atom is -0.497 e. The van der Waals surface area contributed by atoms with Crippen molar-refractivity contribution < 1.29 is 14.3 Å². The molecule has 8 aromatic carbocycles. The zero-order valence-corrected chi connectivity index (χ0v) is 28.8. The summed E-state index contributed by atoms with van der Waals surface area (Å²) < 4.78 is 11.0. The van der Waals surface area contributed by atoms with Crippen LogP contribution in [0.3, 0.4) is 0 Å². The molecule has 52 heavy (non-hydrogen) atoms. The van der Waals surface area contributed by atoms with Crippen molar-refractivity contribution in [3.63, 3.8) is 0 Å². The second-order valence-corrected chi connectivity index (χ2v) is 12.9. The molecule has 0 unspecified atom stereocenters. The molecule has 0 aromatic heterocycles. The van der Waals surface area contributed by atoms with Gasteiger partial charge in [-0.15, -0.1) is 0 Å². The molecule has 0 fully saturated rings. The van der Waals surface area contributed by atoms with Gasteiger partial charge in [0.1, 0.15) is 11.5 Å². The summed E-state index contributed by atoms with van der Waals surface area (Å²) in [6, 6.07) is 58.0. The Morgan fingerprint density at radius 1 is 0.385 bits per heavy atom. The number of anilines is 6. The summed E-state index contributed by atoms with van der Waals surface area (Å²) in [7, 11) is 3.34. The molecule has 5 heteroatoms. The maximum Gasteiger partial charge on any atom is 0.194 e. The third kappa shape index (κ3) is 5.22. The minimum absolute atomic E-state index is 0.00824. The SMILES string of the molecule is COc1ccc(N(c2ccc3c(c2)C(=O)c2cc(N(c4ccc(OC)cc4)c4cccc5ccccc45)ccc2-3)c2cccc3ccccc23)cc1. The molecule has 0 heterocycles. The zero-order valence-electron chi connectivity index (χ0n) is 28.8. The molecule has 8 aromatic rings. The van der Waals surface area contributed by atoms with Crippen LogP contribution in [0.2, 0.25) is 0 Å². The fraction of sp³-hybridized carbons (Fsp3) is 0.0426. The van der Waals surface area contributed by atoms with Gasteiger partial charge in [0.2, 0.25) is 0 Å². The second-order valence-electron chi connectivity index (χ2n) is 12.9. The highest BCUT2D eigenvalue weighted by Crippen LogP contribution is 2.46. The van der Waals surface area contributed by atoms with Gasteiger partial charge in [0, 0.05) is 44.6 Å². The number of hydrogen-bond donors (Lipinski definition) is 0. The van der Waals surface area contributed by atoms with Crippen molar-refractivity contribution in [2.24, 2.45) is 0 Å². The van der Waals surface area contributed by atoms with Crippen LogP contribution < -0.4 is 19.3 Å². The fourth-order valence-corrected chi connectivity index (χ4v) is 7.46. The number of hydrogen-bond acceptors (Lipinski definition) is 5. The van der Waals surface area contributed by atoms with Crippen molar-refractivity contribution >= 4 is 61.5 Å². The Kier molecular flexibility index (Phi) is 7.67. The standard InChI is InChI=1S/C47H34N2O3/c1-51-37-23-17-33(18-24-37)48(45-15-7-11-31-9-3-5-13-39(31)45)35-21-27-41-42-28-22-36(30-44(42)47(50)43(41)29-35)49(34-19-25-38(52-2)26-20-34)46-16-8-12-32-10-4-6-14-40(32)46/h3-30H,1-2H3. The summed E-state index contributed by atoms with van der Waals surface area (Å²) in [6.07, 6.45) is 0. The molecule has 5 nitrogen and oxygen atoms in total. The van der Waals surface area contributed by atoms with Crippen LogP contribution in [0.5, 0.6) is 11.5 Å². The van der Waals surface area contributed by atoms with E-state index in [0.29, 0.717) is 11.1 Å². The predicted molar refractivity (Wildman–Crippen MR) is 213 cm³/mol. The first kappa shape index (κ1) is 31.2. The first-order chi connectivity index (χ1) is 25.6. The number of methoxy groups -OCH3 is 2. The number of ether oxygens (including phenoxy) is 2. The summed E-state index contributed by atoms with van der Waals surface area (Å²) in [5.41, 5.74) is 9.02. The molecule has 0 spiro atoms. The summed E-state index contributed by atoms with van der Waals surface area (Å²) >= 11 is 0. The van der Waals surface area contributed by atoms with Gasteiger partial charge in [0.15, 0.2) is 5.78 Å². The van der Waals surface area contributed by atoms with E-state index in [0.717, 1.165) is 78.3 Å². The molecular formula is C47H34N2O3. The van der Waals surface area contributed by atoms with E-state index in [9.17, 15) is 4.79 Å². The molecule has 0 atom stereocenters. The van der Waals surface area contributed by atoms with Crippen molar-refractivity contribution in [1.82, 2.24) is 0 Å². The van der Waals surface area contributed by atoms with E-state index in [1.54, 1.807) is 14.2 Å². The summed E-state index contributed by atoms with van der Waals surface area (Å²) in [4.78, 5) is 18.9. The highest BCUT2D eigenvalue weighted by Gasteiger charge is 2.30. The lowest BCUT2D eigenvalue weighted by Crippen LogP contribution is -2.11. The number of fused-ring (bicyclic) bond motifs is 5. The summed E-state index contributed by atoms with van der Waals surface area (Å²) in [5.74, 6) is 1.57. The lowest BCUT2D eigenvalue weighted by Gasteiger charge is -2.27. The Morgan fingerprint density at radius 2 is 0.769 bits per heavy atom. The maximum absolute atomic E-state index is 14.5. The fourth-order valence-electron chi connectivity index (χ4n) is 7.46. The molecule has 9 rings (SSSR count). The highest BCUT2D eigenvalue weighted by atomic mass is 16.5. The molecule has 0 saturated carbocycles. The third-order valence-electron chi connectivity index (χ3n) is 9.98. The molecule has 1 aliphatic rings. The van der Waals surface area contributed by atoms with Gasteiger partial charge in [0.25, 0.3) is 0 Å². The second kappa shape index (κ2) is 12.8. The lowest BCUT2D eigenvalue weighted by molar-refractivity contribution is 0.104. The molecule has 250 valence electrons. The van der Waals surface area contributed by atoms with Gasteiger partial charge < -0.3 is 19.3 Å². The molecule has 1 aliphatic carbocycles. The first-order valence-corrected chi connectivity index (χ1v) is 17.3. The van der Waals surface area contributed by atoms with Gasteiger partial charge >= 0.3 is 0 Å². The van der Waals surface area contributed by atoms with Crippen molar-refractivity contribution in [1.29, 1.82) is 0 Å². The van der Waals surface area contributed by atoms with Gasteiger partial charge in [-0.25, -0.2) is 0 Å². The summed E-state index contributed by atoms with van der Waals surface area (Å²) in [5, 5.41) is 4.52. The average Bonchev–Trinajstić information content (AvgIpc) is 3.48. The van der Waals surface area contributed by atoms with Crippen LogP contribution in [0, 0.1) is 0 Å². The molecule has 0 aliphatic heterocycles. The number of nitrogens with zero attached hydrogens (tertiary/aromatic N) is 2. The van der Waals surface area contributed by atoms with Gasteiger partial charge in [-0.3, -0.25) is 4.79 Å². The van der Waals surface area contributed by atoms with Crippen molar-refractivity contribution in [2.45, 2.75) is 0 Å². The number of carbonyl (C=O) groups excluding carboxylic acids is 1. The average molecular weight is 675 g/mol. The van der Waals surface area contributed by atoms with Crippen LogP contribution in [0.15, 0.2) is 170 Å². The maximum atomic E-state index is 14.5. The molecule has 0 N–H and O–H groups in total. The number of benzene rings is 8. The van der Waals surface area contributed by atoms with E-state index in [2.05, 4.69) is 143 Å². The Morgan fingerprint density at radius 3 is 1.19 bits per heavy atom. The van der Waals surface area contributed by atoms with Crippen LogP contribution in [-0.2, 0) is 0 Å². The molecule has 0 amide bonds. The Balaban J connectivity index is 1.16. The van der Waals surface area contributed by atoms with Crippen LogP contribution in [0.1, 0.15) is 15.9 Å². The quantitative estimate of drug-likeness (QED) is 0.160. The van der Waals surface area contributed by atoms with E-state index in [-0.39, 0.29) is 5.78 Å². The van der Waals surface area contributed by atoms with Crippen molar-refractivity contribution in [3.05, 3.63) is 181 Å². The van der Waals surface area contributed by atoms with Crippen LogP contribution in [-0.4, -0.2) is 20.0 Å². The molecule has 0 radical (unpaired) electrons. The van der Waals surface area contributed by atoms with Crippen LogP contribution >= 0.6 is 0 Å². The largest absolute Gasteiger partial charge is 0.497 e. The van der Waals surface area contributed by atoms with E-state index in [4.69, 9.17) is 9.47 Å². The lowest BCUT2D eigenvalue weighted by atomic mass is 10.0. The summed E-state index contributed by atoms with van der Waals surface area (Å²) in [6.45, 7) is 0. The zero-order chi connectivity index (χ0) is 35.2. The van der Waals surface area contributed by atoms with Crippen LogP contribution in [0.4, 0.5) is 34.1 Å². The van der Waals surface area contributed by atoms with Crippen molar-refractivity contribution in [2.75, 3.05) is 24.0 Å². The predicted octanol–water partition coefficient (Wildman–Crippen LogP) is 12.2. The molecular weight excluding hydrogens is 641 g/mol. The van der Waals surface area contributed by atoms with Gasteiger partial charge in [-0.05, 0) is 107 Å². The van der Waals surface area contributed by atoms with E-state index < -0.39 is 0 Å². The smallest absolute Gasteiger partial charge is 0.194 e. The first-order valence-electron chi connectivity index (χ1n) is 17.3. The molecule has 0 saturated heterocycles. The Bertz CT molecular complexity index is 2440. The molecule has 0 bridgehead atoms. The minimum atomic E-state index is 0.00824. The van der Waals surface area contributed by atoms with Gasteiger partial charge in [-0.2, -0.15) is 0 Å². The number of carbonyl (C=O) groups is 1. The monoisotopic (exact) mass is 674 g/mol. The highest BCUT2D eigenvalue weighted by molar-refractivity contribution is 6.23. The number of rotatable bonds is 8. The van der Waals surface area contributed by atoms with E-state index in [1.165, 1.54) is 0 Å². The topological polar surface area (TPSA) is 42.0 Å². The van der Waals surface area contributed by atoms with Gasteiger partial charge in [0.05, 0.1) is 25.6 Å². The van der Waals surface area contributed by atoms with E-state index >= 15 is 0 Å². The van der Waals surface area contributed by atoms with E-state index in [1.807, 2.05) is 36.4 Å².